The van der Waals surface area contributed by atoms with Gasteiger partial charge in [-0.3, -0.25) is 4.79 Å². The van der Waals surface area contributed by atoms with E-state index < -0.39 is 6.04 Å². The molecule has 1 unspecified atom stereocenters. The predicted octanol–water partition coefficient (Wildman–Crippen LogP) is -0.533. The molecule has 4 N–H and O–H groups in total. The van der Waals surface area contributed by atoms with Crippen molar-refractivity contribution in [2.24, 2.45) is 11.7 Å². The van der Waals surface area contributed by atoms with E-state index in [1.165, 1.54) is 0 Å². The first-order chi connectivity index (χ1) is 5.49. The van der Waals surface area contributed by atoms with Gasteiger partial charge in [0.05, 0.1) is 12.6 Å². The fraction of sp³-hybridized carbons (Fsp3) is 0.875. The fourth-order valence-electron chi connectivity index (χ4n) is 0.687. The number of aliphatic hydroxyl groups is 1. The van der Waals surface area contributed by atoms with Gasteiger partial charge in [0.15, 0.2) is 0 Å². The van der Waals surface area contributed by atoms with E-state index >= 15 is 0 Å². The number of rotatable bonds is 4. The van der Waals surface area contributed by atoms with Crippen LogP contribution in [0, 0.1) is 5.92 Å². The first-order valence-corrected chi connectivity index (χ1v) is 4.15. The Bertz CT molecular complexity index is 148. The Morgan fingerprint density at radius 1 is 1.50 bits per heavy atom. The van der Waals surface area contributed by atoms with E-state index in [4.69, 9.17) is 10.8 Å². The maximum absolute atomic E-state index is 11.2. The summed E-state index contributed by atoms with van der Waals surface area (Å²) in [5.41, 5.74) is 5.57. The van der Waals surface area contributed by atoms with Gasteiger partial charge in [-0.15, -0.1) is 0 Å². The lowest BCUT2D eigenvalue weighted by atomic mass is 10.0. The topological polar surface area (TPSA) is 75.3 Å². The highest BCUT2D eigenvalue weighted by Crippen LogP contribution is 1.98. The molecule has 0 bridgehead atoms. The number of nitrogens with one attached hydrogen (secondary N) is 1. The molecule has 2 atom stereocenters. The molecule has 0 aliphatic heterocycles. The Labute approximate surface area is 73.1 Å². The van der Waals surface area contributed by atoms with Crippen molar-refractivity contribution in [3.8, 4) is 0 Å². The molecule has 0 heterocycles. The van der Waals surface area contributed by atoms with Gasteiger partial charge >= 0.3 is 0 Å². The molecule has 0 aromatic carbocycles. The van der Waals surface area contributed by atoms with Crippen molar-refractivity contribution in [1.82, 2.24) is 5.32 Å². The molecule has 1 amide bonds. The van der Waals surface area contributed by atoms with Crippen molar-refractivity contribution < 1.29 is 9.90 Å². The van der Waals surface area contributed by atoms with Crippen LogP contribution in [0.4, 0.5) is 0 Å². The lowest BCUT2D eigenvalue weighted by Gasteiger charge is -2.18. The molecule has 0 aliphatic rings. The number of carbonyl (C=O) groups is 1. The number of aliphatic hydroxyl groups excluding tert-OH is 1. The molecule has 0 rings (SSSR count). The lowest BCUT2D eigenvalue weighted by molar-refractivity contribution is -0.124. The molecular formula is C8H18N2O2. The van der Waals surface area contributed by atoms with Crippen LogP contribution in [0.25, 0.3) is 0 Å². The standard InChI is InChI=1S/C8H18N2O2/c1-5(2)7(9)8(12)10-6(3)4-11/h5-7,11H,4,9H2,1-3H3,(H,10,12)/t6?,7-/m1/s1. The quantitative estimate of drug-likeness (QED) is 0.536. The molecular weight excluding hydrogens is 156 g/mol. The van der Waals surface area contributed by atoms with Gasteiger partial charge in [-0.1, -0.05) is 13.8 Å². The average molecular weight is 174 g/mol. The van der Waals surface area contributed by atoms with E-state index in [0.29, 0.717) is 0 Å². The maximum atomic E-state index is 11.2. The highest BCUT2D eigenvalue weighted by atomic mass is 16.3. The van der Waals surface area contributed by atoms with Crippen molar-refractivity contribution in [3.63, 3.8) is 0 Å². The first kappa shape index (κ1) is 11.4. The number of hydrogen-bond acceptors (Lipinski definition) is 3. The average Bonchev–Trinajstić information content (AvgIpc) is 2.02. The minimum absolute atomic E-state index is 0.0590. The molecule has 0 radical (unpaired) electrons. The van der Waals surface area contributed by atoms with Gasteiger partial charge in [-0.25, -0.2) is 0 Å². The lowest BCUT2D eigenvalue weighted by Crippen LogP contribution is -2.47. The van der Waals surface area contributed by atoms with Crippen LogP contribution >= 0.6 is 0 Å². The molecule has 12 heavy (non-hydrogen) atoms. The van der Waals surface area contributed by atoms with Crippen molar-refractivity contribution in [3.05, 3.63) is 0 Å². The summed E-state index contributed by atoms with van der Waals surface area (Å²) in [6, 6.07) is -0.707. The van der Waals surface area contributed by atoms with Crippen LogP contribution in [0.5, 0.6) is 0 Å². The van der Waals surface area contributed by atoms with E-state index in [-0.39, 0.29) is 24.5 Å². The third-order valence-electron chi connectivity index (χ3n) is 1.68. The highest BCUT2D eigenvalue weighted by Gasteiger charge is 2.17. The van der Waals surface area contributed by atoms with Gasteiger partial charge in [0.25, 0.3) is 0 Å². The van der Waals surface area contributed by atoms with Crippen molar-refractivity contribution in [2.45, 2.75) is 32.9 Å². The summed E-state index contributed by atoms with van der Waals surface area (Å²) in [5, 5.41) is 11.2. The molecule has 0 saturated heterocycles. The van der Waals surface area contributed by atoms with E-state index in [9.17, 15) is 4.79 Å². The number of hydrogen-bond donors (Lipinski definition) is 3. The Balaban J connectivity index is 3.87. The minimum atomic E-state index is -0.487. The molecule has 0 aromatic heterocycles. The minimum Gasteiger partial charge on any atom is -0.394 e. The monoisotopic (exact) mass is 174 g/mol. The molecule has 0 aromatic rings. The van der Waals surface area contributed by atoms with Gasteiger partial charge in [-0.05, 0) is 12.8 Å². The number of nitrogens with two attached hydrogens (primary N) is 1. The number of amides is 1. The van der Waals surface area contributed by atoms with Crippen LogP contribution < -0.4 is 11.1 Å². The molecule has 0 fully saturated rings. The second-order valence-electron chi connectivity index (χ2n) is 3.36. The summed E-state index contributed by atoms with van der Waals surface area (Å²) in [6.07, 6.45) is 0. The summed E-state index contributed by atoms with van der Waals surface area (Å²) in [6.45, 7) is 5.43. The fourth-order valence-corrected chi connectivity index (χ4v) is 0.687. The molecule has 0 spiro atoms. The van der Waals surface area contributed by atoms with Crippen molar-refractivity contribution in [1.29, 1.82) is 0 Å². The third kappa shape index (κ3) is 3.69. The summed E-state index contributed by atoms with van der Waals surface area (Å²) in [7, 11) is 0. The second-order valence-corrected chi connectivity index (χ2v) is 3.36. The van der Waals surface area contributed by atoms with Crippen molar-refractivity contribution in [2.75, 3.05) is 6.61 Å². The zero-order valence-corrected chi connectivity index (χ0v) is 7.87. The van der Waals surface area contributed by atoms with E-state index in [2.05, 4.69) is 5.32 Å². The summed E-state index contributed by atoms with van der Waals surface area (Å²) in [4.78, 5) is 11.2. The Morgan fingerprint density at radius 3 is 2.33 bits per heavy atom. The normalized spacial score (nSPS) is 15.8. The molecule has 0 saturated carbocycles. The summed E-state index contributed by atoms with van der Waals surface area (Å²) in [5.74, 6) is -0.0811. The van der Waals surface area contributed by atoms with Crippen LogP contribution in [0.3, 0.4) is 0 Å². The van der Waals surface area contributed by atoms with Crippen molar-refractivity contribution >= 4 is 5.91 Å². The molecule has 4 nitrogen and oxygen atoms in total. The second kappa shape index (κ2) is 5.11. The van der Waals surface area contributed by atoms with E-state index in [1.807, 2.05) is 13.8 Å². The Hall–Kier alpha value is -0.610. The first-order valence-electron chi connectivity index (χ1n) is 4.15. The molecule has 0 aliphatic carbocycles. The van der Waals surface area contributed by atoms with Crippen LogP contribution in [-0.2, 0) is 4.79 Å². The Kier molecular flexibility index (Phi) is 4.85. The van der Waals surface area contributed by atoms with Crippen LogP contribution in [0.1, 0.15) is 20.8 Å². The van der Waals surface area contributed by atoms with Gasteiger partial charge < -0.3 is 16.2 Å². The largest absolute Gasteiger partial charge is 0.394 e. The number of carbonyl (C=O) groups excluding carboxylic acids is 1. The van der Waals surface area contributed by atoms with Gasteiger partial charge in [0.2, 0.25) is 5.91 Å². The zero-order valence-electron chi connectivity index (χ0n) is 7.87. The van der Waals surface area contributed by atoms with Crippen LogP contribution in [0.15, 0.2) is 0 Å². The zero-order chi connectivity index (χ0) is 9.72. The SMILES string of the molecule is CC(CO)NC(=O)[C@H](N)C(C)C. The highest BCUT2D eigenvalue weighted by molar-refractivity contribution is 5.81. The summed E-state index contributed by atoms with van der Waals surface area (Å²) >= 11 is 0. The van der Waals surface area contributed by atoms with Gasteiger partial charge in [-0.2, -0.15) is 0 Å². The van der Waals surface area contributed by atoms with E-state index in [0.717, 1.165) is 0 Å². The predicted molar refractivity (Wildman–Crippen MR) is 47.5 cm³/mol. The van der Waals surface area contributed by atoms with Crippen LogP contribution in [0.2, 0.25) is 0 Å². The third-order valence-corrected chi connectivity index (χ3v) is 1.68. The Morgan fingerprint density at radius 2 is 2.00 bits per heavy atom. The maximum Gasteiger partial charge on any atom is 0.237 e. The van der Waals surface area contributed by atoms with Gasteiger partial charge in [0.1, 0.15) is 0 Å². The molecule has 72 valence electrons. The smallest absolute Gasteiger partial charge is 0.237 e. The van der Waals surface area contributed by atoms with Gasteiger partial charge in [0, 0.05) is 6.04 Å². The molecule has 4 heteroatoms. The van der Waals surface area contributed by atoms with E-state index in [1.54, 1.807) is 6.92 Å². The van der Waals surface area contributed by atoms with Crippen LogP contribution in [-0.4, -0.2) is 29.7 Å². The summed E-state index contributed by atoms with van der Waals surface area (Å²) < 4.78 is 0.